The van der Waals surface area contributed by atoms with Crippen molar-refractivity contribution < 1.29 is 14.6 Å². The molecule has 20 heavy (non-hydrogen) atoms. The monoisotopic (exact) mass is 274 g/mol. The molecule has 0 saturated carbocycles. The van der Waals surface area contributed by atoms with Gasteiger partial charge >= 0.3 is 5.97 Å². The van der Waals surface area contributed by atoms with Gasteiger partial charge in [0.25, 0.3) is 5.56 Å². The Morgan fingerprint density at radius 2 is 2.15 bits per heavy atom. The highest BCUT2D eigenvalue weighted by Gasteiger charge is 2.11. The summed E-state index contributed by atoms with van der Waals surface area (Å²) in [5.74, 6) is -1.27. The molecule has 0 radical (unpaired) electrons. The van der Waals surface area contributed by atoms with Gasteiger partial charge in [0.2, 0.25) is 5.76 Å². The van der Waals surface area contributed by atoms with Crippen molar-refractivity contribution in [1.29, 1.82) is 0 Å². The SMILES string of the molecule is CCOC(=O)/C(O)=C/c1nc2ccccc2c(=O)n1C. The van der Waals surface area contributed by atoms with Crippen molar-refractivity contribution >= 4 is 22.9 Å². The van der Waals surface area contributed by atoms with E-state index in [0.29, 0.717) is 10.9 Å². The van der Waals surface area contributed by atoms with Crippen LogP contribution in [0, 0.1) is 0 Å². The van der Waals surface area contributed by atoms with E-state index in [1.54, 1.807) is 31.2 Å². The van der Waals surface area contributed by atoms with Crippen molar-refractivity contribution in [3.8, 4) is 0 Å². The summed E-state index contributed by atoms with van der Waals surface area (Å²) in [6, 6.07) is 6.86. The van der Waals surface area contributed by atoms with Crippen LogP contribution in [0.1, 0.15) is 12.7 Å². The Morgan fingerprint density at radius 1 is 1.45 bits per heavy atom. The van der Waals surface area contributed by atoms with Crippen molar-refractivity contribution in [1.82, 2.24) is 9.55 Å². The van der Waals surface area contributed by atoms with Crippen molar-refractivity contribution in [2.24, 2.45) is 7.05 Å². The van der Waals surface area contributed by atoms with E-state index >= 15 is 0 Å². The fraction of sp³-hybridized carbons (Fsp3) is 0.214. The maximum Gasteiger partial charge on any atom is 0.373 e. The number of hydrogen-bond acceptors (Lipinski definition) is 5. The van der Waals surface area contributed by atoms with E-state index in [1.165, 1.54) is 11.6 Å². The van der Waals surface area contributed by atoms with Gasteiger partial charge in [0.05, 0.1) is 17.5 Å². The number of hydrogen-bond donors (Lipinski definition) is 1. The van der Waals surface area contributed by atoms with E-state index in [0.717, 1.165) is 6.08 Å². The second kappa shape index (κ2) is 5.56. The Bertz CT molecular complexity index is 746. The molecule has 0 saturated heterocycles. The van der Waals surface area contributed by atoms with Gasteiger partial charge in [0.1, 0.15) is 5.82 Å². The Morgan fingerprint density at radius 3 is 2.85 bits per heavy atom. The van der Waals surface area contributed by atoms with E-state index in [1.807, 2.05) is 0 Å². The van der Waals surface area contributed by atoms with Crippen LogP contribution in [0.3, 0.4) is 0 Å². The molecule has 1 heterocycles. The molecule has 1 N–H and O–H groups in total. The van der Waals surface area contributed by atoms with Crippen LogP contribution in [0.25, 0.3) is 17.0 Å². The molecule has 6 heteroatoms. The standard InChI is InChI=1S/C14H14N2O4/c1-3-20-14(19)11(17)8-12-15-10-7-5-4-6-9(10)13(18)16(12)2/h4-8,17H,3H2,1-2H3/b11-8-. The third kappa shape index (κ3) is 2.54. The summed E-state index contributed by atoms with van der Waals surface area (Å²) in [5, 5.41) is 10.1. The third-order valence-corrected chi connectivity index (χ3v) is 2.77. The summed E-state index contributed by atoms with van der Waals surface area (Å²) >= 11 is 0. The maximum atomic E-state index is 12.1. The third-order valence-electron chi connectivity index (χ3n) is 2.77. The van der Waals surface area contributed by atoms with E-state index in [-0.39, 0.29) is 18.0 Å². The lowest BCUT2D eigenvalue weighted by atomic mass is 10.2. The molecule has 1 aromatic carbocycles. The molecule has 2 aromatic rings. The molecule has 0 spiro atoms. The summed E-state index contributed by atoms with van der Waals surface area (Å²) < 4.78 is 5.92. The second-order valence-electron chi connectivity index (χ2n) is 4.10. The normalized spacial score (nSPS) is 11.6. The largest absolute Gasteiger partial charge is 0.502 e. The van der Waals surface area contributed by atoms with Crippen molar-refractivity contribution in [2.45, 2.75) is 6.92 Å². The lowest BCUT2D eigenvalue weighted by Gasteiger charge is -2.06. The Labute approximate surface area is 114 Å². The number of carbonyl (C=O) groups excluding carboxylic acids is 1. The molecule has 0 atom stereocenters. The molecule has 0 aliphatic heterocycles. The molecule has 0 unspecified atom stereocenters. The molecule has 0 fully saturated rings. The molecule has 2 rings (SSSR count). The first kappa shape index (κ1) is 13.8. The highest BCUT2D eigenvalue weighted by Crippen LogP contribution is 2.09. The first-order chi connectivity index (χ1) is 9.54. The molecule has 0 bridgehead atoms. The minimum Gasteiger partial charge on any atom is -0.502 e. The Balaban J connectivity index is 2.56. The summed E-state index contributed by atoms with van der Waals surface area (Å²) in [6.07, 6.45) is 1.12. The first-order valence-corrected chi connectivity index (χ1v) is 6.08. The van der Waals surface area contributed by atoms with Gasteiger partial charge in [-0.3, -0.25) is 9.36 Å². The van der Waals surface area contributed by atoms with Gasteiger partial charge in [-0.25, -0.2) is 9.78 Å². The van der Waals surface area contributed by atoms with Crippen LogP contribution >= 0.6 is 0 Å². The average molecular weight is 274 g/mol. The fourth-order valence-corrected chi connectivity index (χ4v) is 1.75. The number of fused-ring (bicyclic) bond motifs is 1. The lowest BCUT2D eigenvalue weighted by molar-refractivity contribution is -0.141. The van der Waals surface area contributed by atoms with E-state index in [2.05, 4.69) is 9.72 Å². The van der Waals surface area contributed by atoms with Gasteiger partial charge in [0.15, 0.2) is 0 Å². The summed E-state index contributed by atoms with van der Waals surface area (Å²) in [5.41, 5.74) is 0.247. The molecule has 6 nitrogen and oxygen atoms in total. The minimum atomic E-state index is -0.852. The summed E-state index contributed by atoms with van der Waals surface area (Å²) in [4.78, 5) is 27.7. The van der Waals surface area contributed by atoms with Gasteiger partial charge in [-0.1, -0.05) is 12.1 Å². The number of carbonyl (C=O) groups is 1. The van der Waals surface area contributed by atoms with Crippen LogP contribution in [-0.2, 0) is 16.6 Å². The van der Waals surface area contributed by atoms with Crippen LogP contribution in [0.15, 0.2) is 34.8 Å². The number of ether oxygens (including phenoxy) is 1. The molecular weight excluding hydrogens is 260 g/mol. The number of aliphatic hydroxyl groups is 1. The van der Waals surface area contributed by atoms with Gasteiger partial charge in [-0.15, -0.1) is 0 Å². The van der Waals surface area contributed by atoms with E-state index in [4.69, 9.17) is 0 Å². The van der Waals surface area contributed by atoms with Crippen LogP contribution in [0.5, 0.6) is 0 Å². The number of para-hydroxylation sites is 1. The number of esters is 1. The van der Waals surface area contributed by atoms with Gasteiger partial charge in [-0.2, -0.15) is 0 Å². The van der Waals surface area contributed by atoms with Gasteiger partial charge in [-0.05, 0) is 19.1 Å². The zero-order chi connectivity index (χ0) is 14.7. The van der Waals surface area contributed by atoms with Crippen LogP contribution in [0.2, 0.25) is 0 Å². The topological polar surface area (TPSA) is 81.4 Å². The van der Waals surface area contributed by atoms with E-state index in [9.17, 15) is 14.7 Å². The lowest BCUT2D eigenvalue weighted by Crippen LogP contribution is -2.21. The van der Waals surface area contributed by atoms with Crippen molar-refractivity contribution in [2.75, 3.05) is 6.61 Å². The van der Waals surface area contributed by atoms with Crippen LogP contribution < -0.4 is 5.56 Å². The van der Waals surface area contributed by atoms with Gasteiger partial charge < -0.3 is 9.84 Å². The zero-order valence-corrected chi connectivity index (χ0v) is 11.2. The fourth-order valence-electron chi connectivity index (χ4n) is 1.75. The number of aliphatic hydroxyl groups excluding tert-OH is 1. The molecular formula is C14H14N2O4. The van der Waals surface area contributed by atoms with Gasteiger partial charge in [0, 0.05) is 13.1 Å². The van der Waals surface area contributed by atoms with Crippen molar-refractivity contribution in [3.05, 3.63) is 46.2 Å². The highest BCUT2D eigenvalue weighted by molar-refractivity contribution is 5.90. The minimum absolute atomic E-state index is 0.154. The molecule has 0 amide bonds. The summed E-state index contributed by atoms with van der Waals surface area (Å²) in [6.45, 7) is 1.79. The molecule has 1 aromatic heterocycles. The Kier molecular flexibility index (Phi) is 3.84. The highest BCUT2D eigenvalue weighted by atomic mass is 16.5. The molecule has 0 aliphatic rings. The number of rotatable bonds is 3. The van der Waals surface area contributed by atoms with Crippen LogP contribution in [0.4, 0.5) is 0 Å². The predicted molar refractivity (Wildman–Crippen MR) is 74.2 cm³/mol. The number of aromatic nitrogens is 2. The molecule has 104 valence electrons. The number of nitrogens with zero attached hydrogens (tertiary/aromatic N) is 2. The zero-order valence-electron chi connectivity index (χ0n) is 11.2. The predicted octanol–water partition coefficient (Wildman–Crippen LogP) is 1.40. The van der Waals surface area contributed by atoms with Crippen molar-refractivity contribution in [3.63, 3.8) is 0 Å². The smallest absolute Gasteiger partial charge is 0.373 e. The quantitative estimate of drug-likeness (QED) is 0.519. The maximum absolute atomic E-state index is 12.1. The second-order valence-corrected chi connectivity index (χ2v) is 4.10. The van der Waals surface area contributed by atoms with Crippen LogP contribution in [-0.4, -0.2) is 27.2 Å². The Hall–Kier alpha value is -2.63. The number of benzene rings is 1. The first-order valence-electron chi connectivity index (χ1n) is 6.08. The van der Waals surface area contributed by atoms with E-state index < -0.39 is 11.7 Å². The summed E-state index contributed by atoms with van der Waals surface area (Å²) in [7, 11) is 1.52. The average Bonchev–Trinajstić information content (AvgIpc) is 2.44. The molecule has 0 aliphatic carbocycles.